The van der Waals surface area contributed by atoms with Crippen molar-refractivity contribution in [2.45, 2.75) is 32.7 Å². The van der Waals surface area contributed by atoms with Gasteiger partial charge in [-0.2, -0.15) is 0 Å². The van der Waals surface area contributed by atoms with Crippen LogP contribution in [-0.4, -0.2) is 56.7 Å². The minimum absolute atomic E-state index is 0.0192. The van der Waals surface area contributed by atoms with E-state index < -0.39 is 0 Å². The Balaban J connectivity index is 1.48. The van der Waals surface area contributed by atoms with Gasteiger partial charge in [0.25, 0.3) is 11.8 Å². The summed E-state index contributed by atoms with van der Waals surface area (Å²) in [4.78, 5) is 26.9. The molecular formula is C24H30N2O5. The number of ether oxygens (including phenoxy) is 3. The number of carbonyl (C=O) groups is 2. The Bertz CT molecular complexity index is 936. The van der Waals surface area contributed by atoms with Crippen LogP contribution in [0.1, 0.15) is 34.3 Å². The monoisotopic (exact) mass is 426 g/mol. The quantitative estimate of drug-likeness (QED) is 0.736. The SMILES string of the molecule is COc1ccc(C(=O)N2CCC(NC(=O)COc3ccc(C)cc3C)CC2)cc1OC. The fourth-order valence-electron chi connectivity index (χ4n) is 3.75. The standard InChI is InChI=1S/C24H30N2O5/c1-16-5-7-20(17(2)13-16)31-15-23(27)25-19-9-11-26(12-10-19)24(28)18-6-8-21(29-3)22(14-18)30-4/h5-8,13-14,19H,9-12,15H2,1-4H3,(H,25,27). The van der Waals surface area contributed by atoms with Crippen LogP contribution in [0.15, 0.2) is 36.4 Å². The first-order valence-corrected chi connectivity index (χ1v) is 10.4. The first kappa shape index (κ1) is 22.5. The second-order valence-corrected chi connectivity index (χ2v) is 7.76. The average molecular weight is 427 g/mol. The zero-order valence-corrected chi connectivity index (χ0v) is 18.6. The predicted molar refractivity (Wildman–Crippen MR) is 118 cm³/mol. The van der Waals surface area contributed by atoms with Crippen LogP contribution in [0.3, 0.4) is 0 Å². The highest BCUT2D eigenvalue weighted by Crippen LogP contribution is 2.28. The van der Waals surface area contributed by atoms with E-state index >= 15 is 0 Å². The number of benzene rings is 2. The molecule has 2 aromatic rings. The molecule has 166 valence electrons. The second kappa shape index (κ2) is 10.2. The number of carbonyl (C=O) groups excluding carboxylic acids is 2. The van der Waals surface area contributed by atoms with Gasteiger partial charge in [0.15, 0.2) is 18.1 Å². The van der Waals surface area contributed by atoms with Crippen LogP contribution in [0.2, 0.25) is 0 Å². The summed E-state index contributed by atoms with van der Waals surface area (Å²) in [6.07, 6.45) is 1.41. The van der Waals surface area contributed by atoms with E-state index in [1.807, 2.05) is 32.0 Å². The van der Waals surface area contributed by atoms with Crippen molar-refractivity contribution in [3.63, 3.8) is 0 Å². The van der Waals surface area contributed by atoms with Gasteiger partial charge in [0, 0.05) is 24.7 Å². The highest BCUT2D eigenvalue weighted by molar-refractivity contribution is 5.95. The Morgan fingerprint density at radius 2 is 1.65 bits per heavy atom. The molecule has 0 aromatic heterocycles. The number of aryl methyl sites for hydroxylation is 2. The zero-order valence-electron chi connectivity index (χ0n) is 18.6. The van der Waals surface area contributed by atoms with E-state index in [1.54, 1.807) is 37.3 Å². The minimum Gasteiger partial charge on any atom is -0.493 e. The Labute approximate surface area is 183 Å². The number of nitrogens with one attached hydrogen (secondary N) is 1. The summed E-state index contributed by atoms with van der Waals surface area (Å²) in [7, 11) is 3.11. The number of piperidine rings is 1. The van der Waals surface area contributed by atoms with E-state index in [0.29, 0.717) is 43.0 Å². The van der Waals surface area contributed by atoms with Gasteiger partial charge in [0.1, 0.15) is 5.75 Å². The van der Waals surface area contributed by atoms with Crippen molar-refractivity contribution in [2.75, 3.05) is 33.9 Å². The van der Waals surface area contributed by atoms with Crippen molar-refractivity contribution in [1.82, 2.24) is 10.2 Å². The number of likely N-dealkylation sites (tertiary alicyclic amines) is 1. The van der Waals surface area contributed by atoms with Crippen LogP contribution < -0.4 is 19.5 Å². The lowest BCUT2D eigenvalue weighted by Crippen LogP contribution is -2.47. The molecule has 7 nitrogen and oxygen atoms in total. The molecule has 1 aliphatic rings. The molecule has 2 aromatic carbocycles. The van der Waals surface area contributed by atoms with Gasteiger partial charge in [-0.1, -0.05) is 17.7 Å². The topological polar surface area (TPSA) is 77.1 Å². The van der Waals surface area contributed by atoms with Gasteiger partial charge in [-0.25, -0.2) is 0 Å². The van der Waals surface area contributed by atoms with E-state index in [9.17, 15) is 9.59 Å². The first-order chi connectivity index (χ1) is 14.9. The summed E-state index contributed by atoms with van der Waals surface area (Å²) in [6.45, 7) is 5.12. The fraction of sp³-hybridized carbons (Fsp3) is 0.417. The molecule has 1 N–H and O–H groups in total. The van der Waals surface area contributed by atoms with Crippen LogP contribution in [0.25, 0.3) is 0 Å². The summed E-state index contributed by atoms with van der Waals surface area (Å²) in [5.41, 5.74) is 2.72. The highest BCUT2D eigenvalue weighted by atomic mass is 16.5. The van der Waals surface area contributed by atoms with Gasteiger partial charge in [0.05, 0.1) is 14.2 Å². The summed E-state index contributed by atoms with van der Waals surface area (Å²) in [5.74, 6) is 1.63. The number of methoxy groups -OCH3 is 2. The molecule has 0 bridgehead atoms. The predicted octanol–water partition coefficient (Wildman–Crippen LogP) is 3.12. The third-order valence-corrected chi connectivity index (χ3v) is 5.47. The Morgan fingerprint density at radius 3 is 2.29 bits per heavy atom. The van der Waals surface area contributed by atoms with Crippen molar-refractivity contribution in [3.05, 3.63) is 53.1 Å². The van der Waals surface area contributed by atoms with Crippen LogP contribution >= 0.6 is 0 Å². The summed E-state index contributed by atoms with van der Waals surface area (Å²) >= 11 is 0. The Morgan fingerprint density at radius 1 is 0.968 bits per heavy atom. The van der Waals surface area contributed by atoms with Crippen LogP contribution in [0.4, 0.5) is 0 Å². The largest absolute Gasteiger partial charge is 0.493 e. The maximum absolute atomic E-state index is 12.8. The van der Waals surface area contributed by atoms with E-state index in [0.717, 1.165) is 16.9 Å². The van der Waals surface area contributed by atoms with E-state index in [-0.39, 0.29) is 24.5 Å². The van der Waals surface area contributed by atoms with Gasteiger partial charge in [-0.3, -0.25) is 9.59 Å². The minimum atomic E-state index is -0.148. The van der Waals surface area contributed by atoms with Gasteiger partial charge in [-0.05, 0) is 56.5 Å². The molecule has 31 heavy (non-hydrogen) atoms. The average Bonchev–Trinajstić information content (AvgIpc) is 2.78. The molecule has 0 spiro atoms. The van der Waals surface area contributed by atoms with Crippen LogP contribution in [-0.2, 0) is 4.79 Å². The molecule has 1 saturated heterocycles. The maximum atomic E-state index is 12.8. The number of hydrogen-bond donors (Lipinski definition) is 1. The number of nitrogens with zero attached hydrogens (tertiary/aromatic N) is 1. The molecule has 3 rings (SSSR count). The number of hydrogen-bond acceptors (Lipinski definition) is 5. The highest BCUT2D eigenvalue weighted by Gasteiger charge is 2.25. The third-order valence-electron chi connectivity index (χ3n) is 5.47. The van der Waals surface area contributed by atoms with E-state index in [2.05, 4.69) is 5.32 Å². The molecule has 0 unspecified atom stereocenters. The second-order valence-electron chi connectivity index (χ2n) is 7.76. The maximum Gasteiger partial charge on any atom is 0.258 e. The molecule has 0 atom stereocenters. The van der Waals surface area contributed by atoms with E-state index in [4.69, 9.17) is 14.2 Å². The smallest absolute Gasteiger partial charge is 0.258 e. The molecule has 1 aliphatic heterocycles. The normalized spacial score (nSPS) is 14.1. The van der Waals surface area contributed by atoms with Crippen LogP contribution in [0, 0.1) is 13.8 Å². The summed E-state index contributed by atoms with van der Waals surface area (Å²) in [6, 6.07) is 11.1. The van der Waals surface area contributed by atoms with Gasteiger partial charge in [0.2, 0.25) is 0 Å². The summed E-state index contributed by atoms with van der Waals surface area (Å²) in [5, 5.41) is 3.01. The Hall–Kier alpha value is -3.22. The molecule has 7 heteroatoms. The lowest BCUT2D eigenvalue weighted by atomic mass is 10.0. The van der Waals surface area contributed by atoms with E-state index in [1.165, 1.54) is 0 Å². The molecule has 1 fully saturated rings. The number of amides is 2. The van der Waals surface area contributed by atoms with Crippen molar-refractivity contribution in [2.24, 2.45) is 0 Å². The number of rotatable bonds is 7. The molecule has 2 amide bonds. The molecule has 0 saturated carbocycles. The lowest BCUT2D eigenvalue weighted by Gasteiger charge is -2.32. The molecule has 0 aliphatic carbocycles. The molecular weight excluding hydrogens is 396 g/mol. The first-order valence-electron chi connectivity index (χ1n) is 10.4. The molecule has 1 heterocycles. The lowest BCUT2D eigenvalue weighted by molar-refractivity contribution is -0.124. The van der Waals surface area contributed by atoms with Crippen molar-refractivity contribution in [3.8, 4) is 17.2 Å². The van der Waals surface area contributed by atoms with Crippen LogP contribution in [0.5, 0.6) is 17.2 Å². The third kappa shape index (κ3) is 5.69. The van der Waals surface area contributed by atoms with Gasteiger partial charge < -0.3 is 24.4 Å². The summed E-state index contributed by atoms with van der Waals surface area (Å²) < 4.78 is 16.2. The van der Waals surface area contributed by atoms with Crippen molar-refractivity contribution in [1.29, 1.82) is 0 Å². The van der Waals surface area contributed by atoms with Crippen molar-refractivity contribution >= 4 is 11.8 Å². The van der Waals surface area contributed by atoms with Gasteiger partial charge >= 0.3 is 0 Å². The fourth-order valence-corrected chi connectivity index (χ4v) is 3.75. The van der Waals surface area contributed by atoms with Crippen molar-refractivity contribution < 1.29 is 23.8 Å². The van der Waals surface area contributed by atoms with Gasteiger partial charge in [-0.15, -0.1) is 0 Å². The Kier molecular flexibility index (Phi) is 7.39. The zero-order chi connectivity index (χ0) is 22.4. The molecule has 0 radical (unpaired) electrons.